The van der Waals surface area contributed by atoms with Crippen molar-refractivity contribution >= 4 is 35.3 Å². The van der Waals surface area contributed by atoms with Gasteiger partial charge in [0, 0.05) is 17.8 Å². The average Bonchev–Trinajstić information content (AvgIpc) is 3.05. The van der Waals surface area contributed by atoms with E-state index in [9.17, 15) is 33.1 Å². The van der Waals surface area contributed by atoms with E-state index in [0.717, 1.165) is 0 Å². The number of aliphatic carboxylic acids is 1. The van der Waals surface area contributed by atoms with Gasteiger partial charge in [0.15, 0.2) is 6.04 Å². The minimum absolute atomic E-state index is 0.0684. The standard InChI is InChI=1S/C37H42F2N4O8/c1-6-49-33(45)19-29(43-36(48)51-37(3,4)5)24-8-7-9-27(17-24)41-32(44)16-22(2)28-18-25(12-15-30(28)50-21-31(38)39)34(35(46)47)42-26-13-10-23(20-40)11-14-26/h7-15,17-18,22,29,31,34,42H,6,16,19,21H2,1-5H3,(H,41,44)(H,43,48)(H,46,47)/t22-,29-,34?/m1/s1. The number of nitriles is 1. The number of hydrogen-bond acceptors (Lipinski definition) is 9. The fraction of sp³-hybridized carbons (Fsp3) is 0.378. The number of rotatable bonds is 16. The van der Waals surface area contributed by atoms with E-state index < -0.39 is 60.6 Å². The number of amides is 2. The van der Waals surface area contributed by atoms with E-state index in [1.165, 1.54) is 30.3 Å². The summed E-state index contributed by atoms with van der Waals surface area (Å²) >= 11 is 0. The van der Waals surface area contributed by atoms with E-state index in [2.05, 4.69) is 16.0 Å². The van der Waals surface area contributed by atoms with Crippen LogP contribution in [0.4, 0.5) is 25.0 Å². The minimum atomic E-state index is -2.77. The van der Waals surface area contributed by atoms with Crippen molar-refractivity contribution in [1.29, 1.82) is 5.26 Å². The lowest BCUT2D eigenvalue weighted by Crippen LogP contribution is -2.36. The van der Waals surface area contributed by atoms with Gasteiger partial charge in [0.05, 0.1) is 30.7 Å². The number of nitrogens with one attached hydrogen (secondary N) is 3. The number of alkyl halides is 2. The van der Waals surface area contributed by atoms with E-state index in [1.54, 1.807) is 71.0 Å². The molecule has 0 saturated heterocycles. The zero-order valence-electron chi connectivity index (χ0n) is 29.0. The van der Waals surface area contributed by atoms with Crippen molar-refractivity contribution in [2.45, 2.75) is 77.5 Å². The van der Waals surface area contributed by atoms with Crippen molar-refractivity contribution < 1.29 is 47.3 Å². The Bertz CT molecular complexity index is 1720. The smallest absolute Gasteiger partial charge is 0.408 e. The van der Waals surface area contributed by atoms with E-state index in [4.69, 9.17) is 19.5 Å². The second kappa shape index (κ2) is 18.3. The molecule has 4 N–H and O–H groups in total. The number of carbonyl (C=O) groups is 4. The summed E-state index contributed by atoms with van der Waals surface area (Å²) < 4.78 is 42.0. The first kappa shape index (κ1) is 39.7. The van der Waals surface area contributed by atoms with Crippen LogP contribution in [0.3, 0.4) is 0 Å². The number of esters is 1. The molecule has 3 rings (SSSR count). The molecule has 0 radical (unpaired) electrons. The van der Waals surface area contributed by atoms with Crippen LogP contribution < -0.4 is 20.7 Å². The van der Waals surface area contributed by atoms with Gasteiger partial charge in [-0.3, -0.25) is 9.59 Å². The average molecular weight is 709 g/mol. The third-order valence-electron chi connectivity index (χ3n) is 7.27. The van der Waals surface area contributed by atoms with Gasteiger partial charge in [0.1, 0.15) is 18.0 Å². The third-order valence-corrected chi connectivity index (χ3v) is 7.27. The van der Waals surface area contributed by atoms with Crippen molar-refractivity contribution in [1.82, 2.24) is 5.32 Å². The summed E-state index contributed by atoms with van der Waals surface area (Å²) in [5, 5.41) is 27.5. The Hall–Kier alpha value is -5.71. The van der Waals surface area contributed by atoms with Crippen LogP contribution >= 0.6 is 0 Å². The summed E-state index contributed by atoms with van der Waals surface area (Å²) in [6, 6.07) is 16.9. The van der Waals surface area contributed by atoms with Gasteiger partial charge in [0.2, 0.25) is 5.91 Å². The molecule has 3 aromatic rings. The molecule has 0 aromatic heterocycles. The molecule has 0 bridgehead atoms. The molecule has 0 aliphatic rings. The number of hydrogen-bond donors (Lipinski definition) is 4. The van der Waals surface area contributed by atoms with Crippen LogP contribution in [0.1, 0.15) is 87.7 Å². The SMILES string of the molecule is CCOC(=O)C[C@@H](NC(=O)OC(C)(C)C)c1cccc(NC(=O)C[C@@H](C)c2cc(C(Nc3ccc(C#N)cc3)C(=O)O)ccc2OCC(F)F)c1. The number of nitrogens with zero attached hydrogens (tertiary/aromatic N) is 1. The number of carbonyl (C=O) groups excluding carboxylic acids is 3. The van der Waals surface area contributed by atoms with Gasteiger partial charge in [-0.2, -0.15) is 5.26 Å². The van der Waals surface area contributed by atoms with E-state index in [-0.39, 0.29) is 30.8 Å². The van der Waals surface area contributed by atoms with Crippen LogP contribution in [0.5, 0.6) is 5.75 Å². The summed E-state index contributed by atoms with van der Waals surface area (Å²) in [6.07, 6.45) is -3.87. The Kier molecular flexibility index (Phi) is 14.3. The minimum Gasteiger partial charge on any atom is -0.487 e. The normalized spacial score (nSPS) is 12.8. The van der Waals surface area contributed by atoms with Crippen molar-refractivity contribution in [2.24, 2.45) is 0 Å². The Morgan fingerprint density at radius 2 is 1.65 bits per heavy atom. The molecule has 3 atom stereocenters. The summed E-state index contributed by atoms with van der Waals surface area (Å²) in [7, 11) is 0. The van der Waals surface area contributed by atoms with Crippen LogP contribution in [-0.4, -0.2) is 54.3 Å². The van der Waals surface area contributed by atoms with E-state index in [1.807, 2.05) is 6.07 Å². The quantitative estimate of drug-likeness (QED) is 0.112. The van der Waals surface area contributed by atoms with Crippen LogP contribution in [0.15, 0.2) is 66.7 Å². The molecule has 14 heteroatoms. The second-order valence-corrected chi connectivity index (χ2v) is 12.6. The zero-order chi connectivity index (χ0) is 37.7. The summed E-state index contributed by atoms with van der Waals surface area (Å²) in [6.45, 7) is 7.68. The van der Waals surface area contributed by atoms with Crippen molar-refractivity contribution in [2.75, 3.05) is 23.8 Å². The van der Waals surface area contributed by atoms with Gasteiger partial charge < -0.3 is 35.3 Å². The van der Waals surface area contributed by atoms with Gasteiger partial charge in [0.25, 0.3) is 6.43 Å². The number of carboxylic acid groups (broad SMARTS) is 1. The molecule has 0 heterocycles. The first-order chi connectivity index (χ1) is 24.1. The summed E-state index contributed by atoms with van der Waals surface area (Å²) in [4.78, 5) is 50.6. The predicted octanol–water partition coefficient (Wildman–Crippen LogP) is 7.09. The van der Waals surface area contributed by atoms with Crippen LogP contribution in [0.25, 0.3) is 0 Å². The maximum atomic E-state index is 13.3. The van der Waals surface area contributed by atoms with E-state index >= 15 is 0 Å². The highest BCUT2D eigenvalue weighted by Crippen LogP contribution is 2.34. The Morgan fingerprint density at radius 3 is 2.25 bits per heavy atom. The van der Waals surface area contributed by atoms with Crippen molar-refractivity contribution in [3.8, 4) is 11.8 Å². The summed E-state index contributed by atoms with van der Waals surface area (Å²) in [5.74, 6) is -2.79. The third kappa shape index (κ3) is 12.9. The first-order valence-electron chi connectivity index (χ1n) is 16.2. The molecule has 0 fully saturated rings. The molecule has 0 spiro atoms. The number of benzene rings is 3. The fourth-order valence-corrected chi connectivity index (χ4v) is 5.03. The maximum Gasteiger partial charge on any atom is 0.408 e. The largest absolute Gasteiger partial charge is 0.487 e. The molecule has 0 aliphatic carbocycles. The lowest BCUT2D eigenvalue weighted by molar-refractivity contribution is -0.143. The maximum absolute atomic E-state index is 13.3. The highest BCUT2D eigenvalue weighted by atomic mass is 19.3. The Labute approximate surface area is 295 Å². The Morgan fingerprint density at radius 1 is 0.941 bits per heavy atom. The Balaban J connectivity index is 1.84. The van der Waals surface area contributed by atoms with Gasteiger partial charge in [-0.05, 0) is 98.8 Å². The number of anilines is 2. The van der Waals surface area contributed by atoms with Crippen LogP contribution in [0, 0.1) is 11.3 Å². The van der Waals surface area contributed by atoms with Crippen molar-refractivity contribution in [3.05, 3.63) is 89.0 Å². The number of carboxylic acids is 1. The molecule has 1 unspecified atom stereocenters. The predicted molar refractivity (Wildman–Crippen MR) is 185 cm³/mol. The monoisotopic (exact) mass is 708 g/mol. The lowest BCUT2D eigenvalue weighted by Gasteiger charge is -2.24. The number of alkyl carbamates (subject to hydrolysis) is 1. The molecular formula is C37H42F2N4O8. The van der Waals surface area contributed by atoms with Gasteiger partial charge in [-0.1, -0.05) is 25.1 Å². The highest BCUT2D eigenvalue weighted by molar-refractivity contribution is 5.91. The number of ether oxygens (including phenoxy) is 3. The molecule has 272 valence electrons. The van der Waals surface area contributed by atoms with E-state index in [0.29, 0.717) is 28.1 Å². The van der Waals surface area contributed by atoms with Gasteiger partial charge in [-0.25, -0.2) is 18.4 Å². The van der Waals surface area contributed by atoms with Crippen molar-refractivity contribution in [3.63, 3.8) is 0 Å². The van der Waals surface area contributed by atoms with Crippen LogP contribution in [0.2, 0.25) is 0 Å². The topological polar surface area (TPSA) is 176 Å². The zero-order valence-corrected chi connectivity index (χ0v) is 29.0. The molecular weight excluding hydrogens is 666 g/mol. The molecule has 0 saturated carbocycles. The number of halogens is 2. The van der Waals surface area contributed by atoms with Gasteiger partial charge >= 0.3 is 18.0 Å². The second-order valence-electron chi connectivity index (χ2n) is 12.6. The van der Waals surface area contributed by atoms with Gasteiger partial charge in [-0.15, -0.1) is 0 Å². The molecule has 2 amide bonds. The fourth-order valence-electron chi connectivity index (χ4n) is 5.03. The molecule has 3 aromatic carbocycles. The molecule has 12 nitrogen and oxygen atoms in total. The van der Waals surface area contributed by atoms with Crippen LogP contribution in [-0.2, 0) is 23.9 Å². The molecule has 51 heavy (non-hydrogen) atoms. The molecule has 0 aliphatic heterocycles. The summed E-state index contributed by atoms with van der Waals surface area (Å²) in [5.41, 5.74) is 1.49. The lowest BCUT2D eigenvalue weighted by atomic mass is 9.92. The first-order valence-corrected chi connectivity index (χ1v) is 16.2. The highest BCUT2D eigenvalue weighted by Gasteiger charge is 2.26.